The summed E-state index contributed by atoms with van der Waals surface area (Å²) in [5.74, 6) is 2.02. The van der Waals surface area contributed by atoms with Crippen LogP contribution in [-0.2, 0) is 27.2 Å². The summed E-state index contributed by atoms with van der Waals surface area (Å²) in [6.07, 6.45) is 12.3. The van der Waals surface area contributed by atoms with E-state index >= 15 is 0 Å². The SMILES string of the molecule is C[C@H]1CC[C@]2(C)[C@H]3CC[C@@]4(C)[C@@H](CC[C@]5(O)[C@@H]4CCCC5(C)C)[C@]3(C)CC[C@H]2[C@@H]1Cc1cc(OS(=O)(=O)O)ccc1OS(=O)(=O)O. The number of hydrogen-bond acceptors (Lipinski definition) is 7. The molecule has 1 aromatic rings. The van der Waals surface area contributed by atoms with Gasteiger partial charge in [0.05, 0.1) is 5.60 Å². The smallest absolute Gasteiger partial charge is 0.389 e. The molecule has 1 aromatic carbocycles. The van der Waals surface area contributed by atoms with E-state index in [9.17, 15) is 31.0 Å². The third-order valence-corrected chi connectivity index (χ3v) is 15.7. The van der Waals surface area contributed by atoms with E-state index in [0.29, 0.717) is 41.6 Å². The van der Waals surface area contributed by atoms with E-state index in [-0.39, 0.29) is 39.1 Å². The lowest BCUT2D eigenvalue weighted by Crippen LogP contribution is -2.68. The second-order valence-electron chi connectivity index (χ2n) is 17.3. The van der Waals surface area contributed by atoms with Gasteiger partial charge in [-0.15, -0.1) is 0 Å². The van der Waals surface area contributed by atoms with Crippen molar-refractivity contribution in [1.82, 2.24) is 0 Å². The van der Waals surface area contributed by atoms with Crippen LogP contribution in [0.4, 0.5) is 0 Å². The first-order valence-electron chi connectivity index (χ1n) is 17.3. The maximum Gasteiger partial charge on any atom is 0.446 e. The van der Waals surface area contributed by atoms with Gasteiger partial charge < -0.3 is 13.5 Å². The number of hydrogen-bond donors (Lipinski definition) is 3. The molecule has 46 heavy (non-hydrogen) atoms. The van der Waals surface area contributed by atoms with E-state index in [1.165, 1.54) is 24.6 Å². The Morgan fingerprint density at radius 1 is 0.739 bits per heavy atom. The molecule has 5 aliphatic carbocycles. The Morgan fingerprint density at radius 2 is 1.33 bits per heavy atom. The van der Waals surface area contributed by atoms with Crippen LogP contribution in [0.1, 0.15) is 118 Å². The van der Waals surface area contributed by atoms with Crippen molar-refractivity contribution in [2.24, 2.45) is 57.2 Å². The van der Waals surface area contributed by atoms with Crippen LogP contribution >= 0.6 is 0 Å². The molecule has 5 fully saturated rings. The quantitative estimate of drug-likeness (QED) is 0.260. The Kier molecular flexibility index (Phi) is 8.28. The van der Waals surface area contributed by atoms with Crippen molar-refractivity contribution >= 4 is 20.8 Å². The van der Waals surface area contributed by atoms with Gasteiger partial charge in [0.1, 0.15) is 11.5 Å². The number of benzene rings is 1. The van der Waals surface area contributed by atoms with Gasteiger partial charge in [0.2, 0.25) is 0 Å². The average molecular weight is 683 g/mol. The van der Waals surface area contributed by atoms with Gasteiger partial charge in [-0.3, -0.25) is 9.11 Å². The molecule has 11 heteroatoms. The molecule has 9 nitrogen and oxygen atoms in total. The zero-order valence-electron chi connectivity index (χ0n) is 28.3. The van der Waals surface area contributed by atoms with E-state index in [2.05, 4.69) is 41.5 Å². The molecule has 3 N–H and O–H groups in total. The van der Waals surface area contributed by atoms with E-state index in [0.717, 1.165) is 64.2 Å². The summed E-state index contributed by atoms with van der Waals surface area (Å²) < 4.78 is 74.8. The van der Waals surface area contributed by atoms with Crippen molar-refractivity contribution in [1.29, 1.82) is 0 Å². The minimum absolute atomic E-state index is 0.0672. The minimum atomic E-state index is -4.83. The highest BCUT2D eigenvalue weighted by atomic mass is 32.3. The third-order valence-electron chi connectivity index (χ3n) is 14.9. The first-order chi connectivity index (χ1) is 21.1. The van der Waals surface area contributed by atoms with Gasteiger partial charge in [-0.05, 0) is 146 Å². The summed E-state index contributed by atoms with van der Waals surface area (Å²) in [5.41, 5.74) is 0.0694. The van der Waals surface area contributed by atoms with Crippen molar-refractivity contribution < 1.29 is 39.4 Å². The fourth-order valence-corrected chi connectivity index (χ4v) is 13.6. The van der Waals surface area contributed by atoms with Gasteiger partial charge in [-0.25, -0.2) is 0 Å². The van der Waals surface area contributed by atoms with Gasteiger partial charge in [0, 0.05) is 5.56 Å². The van der Waals surface area contributed by atoms with Crippen molar-refractivity contribution in [2.75, 3.05) is 0 Å². The molecule has 0 radical (unpaired) electrons. The molecule has 0 bridgehead atoms. The molecular formula is C35H54O9S2. The Balaban J connectivity index is 1.32. The Bertz CT molecular complexity index is 1570. The summed E-state index contributed by atoms with van der Waals surface area (Å²) in [4.78, 5) is 0. The van der Waals surface area contributed by atoms with Crippen LogP contribution in [0, 0.1) is 57.2 Å². The lowest BCUT2D eigenvalue weighted by atomic mass is 9.33. The molecule has 0 saturated heterocycles. The molecule has 10 atom stereocenters. The highest BCUT2D eigenvalue weighted by molar-refractivity contribution is 7.81. The zero-order chi connectivity index (χ0) is 33.7. The molecule has 0 heterocycles. The Labute approximate surface area is 276 Å². The first kappa shape index (κ1) is 34.5. The largest absolute Gasteiger partial charge is 0.446 e. The van der Waals surface area contributed by atoms with Crippen LogP contribution in [0.25, 0.3) is 0 Å². The predicted molar refractivity (Wildman–Crippen MR) is 175 cm³/mol. The molecule has 0 spiro atoms. The minimum Gasteiger partial charge on any atom is -0.389 e. The van der Waals surface area contributed by atoms with Crippen LogP contribution in [-0.4, -0.2) is 36.6 Å². The highest BCUT2D eigenvalue weighted by Gasteiger charge is 2.69. The zero-order valence-corrected chi connectivity index (χ0v) is 29.9. The number of fused-ring (bicyclic) bond motifs is 7. The van der Waals surface area contributed by atoms with Gasteiger partial charge in [-0.2, -0.15) is 16.8 Å². The maximum atomic E-state index is 12.3. The summed E-state index contributed by atoms with van der Waals surface area (Å²) in [6.45, 7) is 14.3. The molecule has 5 aliphatic rings. The first-order valence-corrected chi connectivity index (χ1v) is 20.1. The monoisotopic (exact) mass is 682 g/mol. The van der Waals surface area contributed by atoms with Gasteiger partial charge in [0.15, 0.2) is 0 Å². The highest BCUT2D eigenvalue weighted by Crippen LogP contribution is 2.75. The maximum absolute atomic E-state index is 12.3. The summed E-state index contributed by atoms with van der Waals surface area (Å²) >= 11 is 0. The van der Waals surface area contributed by atoms with Gasteiger partial charge in [0.25, 0.3) is 0 Å². The summed E-state index contributed by atoms with van der Waals surface area (Å²) in [6, 6.07) is 3.84. The van der Waals surface area contributed by atoms with E-state index in [1.54, 1.807) is 0 Å². The molecule has 260 valence electrons. The Hall–Kier alpha value is -1.40. The second kappa shape index (κ2) is 11.1. The second-order valence-corrected chi connectivity index (χ2v) is 19.3. The van der Waals surface area contributed by atoms with E-state index in [1.807, 2.05) is 0 Å². The van der Waals surface area contributed by atoms with Gasteiger partial charge in [-0.1, -0.05) is 48.0 Å². The van der Waals surface area contributed by atoms with Crippen molar-refractivity contribution in [3.05, 3.63) is 23.8 Å². The lowest BCUT2D eigenvalue weighted by Gasteiger charge is -2.72. The fraction of sp³-hybridized carbons (Fsp3) is 0.829. The normalized spacial score (nSPS) is 43.8. The molecule has 5 saturated carbocycles. The fourth-order valence-electron chi connectivity index (χ4n) is 12.8. The molecule has 0 amide bonds. The molecule has 6 rings (SSSR count). The molecule has 0 aliphatic heterocycles. The van der Waals surface area contributed by atoms with Gasteiger partial charge >= 0.3 is 20.8 Å². The topological polar surface area (TPSA) is 147 Å². The standard InChI is InChI=1S/C35H54O9S2/c1-22-11-16-32(4)26(25(22)21-23-20-24(43-45(37,38)39)9-10-27(23)44-46(40,41)42)12-17-33(5)28(32)13-18-34(6)29(33)14-19-35(36)30(34)8-7-15-31(35,2)3/h9-10,20,22,25-26,28-30,36H,7-8,11-19,21H2,1-6H3,(H,37,38,39)(H,40,41,42)/t22-,25+,26-,28+,29-,30+,32-,33+,34-,35-/m0/s1. The molecular weight excluding hydrogens is 629 g/mol. The number of aliphatic hydroxyl groups is 1. The lowest BCUT2D eigenvalue weighted by molar-refractivity contribution is -0.267. The summed E-state index contributed by atoms with van der Waals surface area (Å²) in [7, 11) is -9.62. The van der Waals surface area contributed by atoms with E-state index < -0.39 is 26.4 Å². The van der Waals surface area contributed by atoms with Crippen LogP contribution in [0.2, 0.25) is 0 Å². The van der Waals surface area contributed by atoms with Crippen molar-refractivity contribution in [2.45, 2.75) is 124 Å². The average Bonchev–Trinajstić information content (AvgIpc) is 2.91. The number of rotatable bonds is 6. The molecule has 0 aromatic heterocycles. The van der Waals surface area contributed by atoms with Crippen LogP contribution in [0.15, 0.2) is 18.2 Å². The van der Waals surface area contributed by atoms with Crippen molar-refractivity contribution in [3.8, 4) is 11.5 Å². The van der Waals surface area contributed by atoms with Crippen LogP contribution in [0.5, 0.6) is 11.5 Å². The third kappa shape index (κ3) is 5.52. The van der Waals surface area contributed by atoms with Crippen LogP contribution < -0.4 is 8.37 Å². The van der Waals surface area contributed by atoms with Crippen LogP contribution in [0.3, 0.4) is 0 Å². The van der Waals surface area contributed by atoms with Crippen molar-refractivity contribution in [3.63, 3.8) is 0 Å². The summed E-state index contributed by atoms with van der Waals surface area (Å²) in [5, 5.41) is 12.3. The predicted octanol–water partition coefficient (Wildman–Crippen LogP) is 7.44. The molecule has 0 unspecified atom stereocenters. The Morgan fingerprint density at radius 3 is 2.00 bits per heavy atom. The van der Waals surface area contributed by atoms with E-state index in [4.69, 9.17) is 8.37 Å².